The van der Waals surface area contributed by atoms with Crippen molar-refractivity contribution in [1.29, 1.82) is 0 Å². The normalized spacial score (nSPS) is 11.2. The van der Waals surface area contributed by atoms with E-state index in [0.29, 0.717) is 5.56 Å². The third kappa shape index (κ3) is 4.15. The molecule has 0 saturated carbocycles. The van der Waals surface area contributed by atoms with Crippen molar-refractivity contribution in [3.8, 4) is 11.5 Å². The van der Waals surface area contributed by atoms with Crippen LogP contribution in [0.4, 0.5) is 13.2 Å². The predicted molar refractivity (Wildman–Crippen MR) is 79.4 cm³/mol. The van der Waals surface area contributed by atoms with Crippen molar-refractivity contribution in [2.75, 3.05) is 7.11 Å². The van der Waals surface area contributed by atoms with Crippen molar-refractivity contribution in [3.63, 3.8) is 0 Å². The largest absolute Gasteiger partial charge is 0.573 e. The number of carbonyl (C=O) groups excluding carboxylic acids is 1. The molecule has 0 radical (unpaired) electrons. The number of hydrogen-bond acceptors (Lipinski definition) is 4. The molecular formula is C16H14F3NO4. The maximum absolute atomic E-state index is 12.4. The molecule has 1 heterocycles. The van der Waals surface area contributed by atoms with Crippen LogP contribution in [-0.4, -0.2) is 23.8 Å². The Morgan fingerprint density at radius 3 is 2.58 bits per heavy atom. The Kier molecular flexibility index (Phi) is 4.96. The molecule has 0 aliphatic heterocycles. The van der Waals surface area contributed by atoms with E-state index in [9.17, 15) is 22.8 Å². The van der Waals surface area contributed by atoms with Gasteiger partial charge in [-0.2, -0.15) is 0 Å². The summed E-state index contributed by atoms with van der Waals surface area (Å²) < 4.78 is 46.9. The molecule has 2 rings (SSSR count). The minimum absolute atomic E-state index is 0.0928. The van der Waals surface area contributed by atoms with Crippen LogP contribution < -0.4 is 15.0 Å². The van der Waals surface area contributed by atoms with Crippen molar-refractivity contribution in [1.82, 2.24) is 4.57 Å². The molecule has 0 unspecified atom stereocenters. The molecule has 1 aromatic carbocycles. The van der Waals surface area contributed by atoms with Gasteiger partial charge in [-0.25, -0.2) is 0 Å². The first-order valence-electron chi connectivity index (χ1n) is 6.84. The average molecular weight is 341 g/mol. The highest BCUT2D eigenvalue weighted by molar-refractivity contribution is 5.99. The van der Waals surface area contributed by atoms with Crippen LogP contribution in [0.3, 0.4) is 0 Å². The van der Waals surface area contributed by atoms with E-state index in [1.807, 2.05) is 0 Å². The summed E-state index contributed by atoms with van der Waals surface area (Å²) in [6.07, 6.45) is -3.45. The van der Waals surface area contributed by atoms with Gasteiger partial charge in [0.2, 0.25) is 0 Å². The minimum Gasteiger partial charge on any atom is -0.496 e. The lowest BCUT2D eigenvalue weighted by Crippen LogP contribution is -2.25. The second-order valence-electron chi connectivity index (χ2n) is 4.96. The second kappa shape index (κ2) is 6.77. The van der Waals surface area contributed by atoms with Crippen molar-refractivity contribution in [2.45, 2.75) is 19.8 Å². The van der Waals surface area contributed by atoms with Gasteiger partial charge in [0.15, 0.2) is 5.78 Å². The van der Waals surface area contributed by atoms with Crippen LogP contribution >= 0.6 is 0 Å². The lowest BCUT2D eigenvalue weighted by molar-refractivity contribution is -0.274. The van der Waals surface area contributed by atoms with Crippen molar-refractivity contribution < 1.29 is 27.4 Å². The quantitative estimate of drug-likeness (QED) is 0.785. The van der Waals surface area contributed by atoms with Gasteiger partial charge in [0.05, 0.1) is 19.2 Å². The third-order valence-corrected chi connectivity index (χ3v) is 3.23. The summed E-state index contributed by atoms with van der Waals surface area (Å²) in [5, 5.41) is 0. The van der Waals surface area contributed by atoms with E-state index in [-0.39, 0.29) is 23.4 Å². The molecule has 0 amide bonds. The van der Waals surface area contributed by atoms with E-state index in [4.69, 9.17) is 4.74 Å². The molecular weight excluding hydrogens is 327 g/mol. The fourth-order valence-corrected chi connectivity index (χ4v) is 2.12. The molecule has 0 N–H and O–H groups in total. The molecule has 0 bridgehead atoms. The Morgan fingerprint density at radius 2 is 1.96 bits per heavy atom. The molecule has 128 valence electrons. The Balaban J connectivity index is 2.35. The van der Waals surface area contributed by atoms with E-state index in [2.05, 4.69) is 4.74 Å². The Morgan fingerprint density at radius 1 is 1.25 bits per heavy atom. The van der Waals surface area contributed by atoms with Crippen LogP contribution in [0.15, 0.2) is 41.3 Å². The minimum atomic E-state index is -4.87. The molecule has 2 aromatic rings. The molecule has 0 aliphatic rings. The molecule has 0 atom stereocenters. The number of nitrogens with zero attached hydrogens (tertiary/aromatic N) is 1. The Hall–Kier alpha value is -2.77. The molecule has 24 heavy (non-hydrogen) atoms. The van der Waals surface area contributed by atoms with Gasteiger partial charge >= 0.3 is 6.36 Å². The van der Waals surface area contributed by atoms with Gasteiger partial charge in [-0.3, -0.25) is 9.59 Å². The molecule has 0 saturated heterocycles. The van der Waals surface area contributed by atoms with Crippen molar-refractivity contribution in [3.05, 3.63) is 58.0 Å². The molecule has 1 aromatic heterocycles. The second-order valence-corrected chi connectivity index (χ2v) is 4.96. The SMILES string of the molecule is COc1ccc(OC(F)(F)F)cc1C(=O)Cn1cccc(C)c1=O. The van der Waals surface area contributed by atoms with Gasteiger partial charge < -0.3 is 14.0 Å². The lowest BCUT2D eigenvalue weighted by atomic mass is 10.1. The van der Waals surface area contributed by atoms with Crippen LogP contribution in [0.5, 0.6) is 11.5 Å². The van der Waals surface area contributed by atoms with Crippen molar-refractivity contribution >= 4 is 5.78 Å². The van der Waals surface area contributed by atoms with Crippen LogP contribution in [0.25, 0.3) is 0 Å². The predicted octanol–water partition coefficient (Wildman–Crippen LogP) is 2.95. The monoisotopic (exact) mass is 341 g/mol. The summed E-state index contributed by atoms with van der Waals surface area (Å²) in [7, 11) is 1.29. The number of Topliss-reactive ketones (excluding diaryl/α,β-unsaturated/α-hetero) is 1. The van der Waals surface area contributed by atoms with Crippen LogP contribution in [0.2, 0.25) is 0 Å². The number of aryl methyl sites for hydroxylation is 1. The van der Waals surface area contributed by atoms with Gasteiger partial charge in [-0.05, 0) is 31.2 Å². The molecule has 8 heteroatoms. The number of methoxy groups -OCH3 is 1. The zero-order valence-electron chi connectivity index (χ0n) is 12.9. The average Bonchev–Trinajstić information content (AvgIpc) is 2.50. The summed E-state index contributed by atoms with van der Waals surface area (Å²) >= 11 is 0. The van der Waals surface area contributed by atoms with E-state index < -0.39 is 17.9 Å². The van der Waals surface area contributed by atoms with Gasteiger partial charge in [-0.1, -0.05) is 6.07 Å². The maximum atomic E-state index is 12.4. The van der Waals surface area contributed by atoms with Gasteiger partial charge in [0.1, 0.15) is 11.5 Å². The third-order valence-electron chi connectivity index (χ3n) is 3.23. The first kappa shape index (κ1) is 17.6. The first-order valence-corrected chi connectivity index (χ1v) is 6.84. The summed E-state index contributed by atoms with van der Waals surface area (Å²) in [5.74, 6) is -1.02. The van der Waals surface area contributed by atoms with Crippen molar-refractivity contribution in [2.24, 2.45) is 0 Å². The van der Waals surface area contributed by atoms with E-state index in [1.165, 1.54) is 23.9 Å². The standard InChI is InChI=1S/C16H14F3NO4/c1-10-4-3-7-20(15(10)22)9-13(21)12-8-11(24-16(17,18)19)5-6-14(12)23-2/h3-8H,9H2,1-2H3. The highest BCUT2D eigenvalue weighted by atomic mass is 19.4. The molecule has 0 aliphatic carbocycles. The summed E-state index contributed by atoms with van der Waals surface area (Å²) in [5.41, 5.74) is -0.00779. The number of aromatic nitrogens is 1. The number of carbonyl (C=O) groups is 1. The molecule has 0 spiro atoms. The number of ketones is 1. The smallest absolute Gasteiger partial charge is 0.496 e. The van der Waals surface area contributed by atoms with E-state index in [0.717, 1.165) is 12.1 Å². The summed E-state index contributed by atoms with van der Waals surface area (Å²) in [6, 6.07) is 6.39. The van der Waals surface area contributed by atoms with Gasteiger partial charge in [-0.15, -0.1) is 13.2 Å². The number of hydrogen-bond donors (Lipinski definition) is 0. The molecule has 5 nitrogen and oxygen atoms in total. The summed E-state index contributed by atoms with van der Waals surface area (Å²) in [4.78, 5) is 24.3. The number of rotatable bonds is 5. The zero-order chi connectivity index (χ0) is 17.9. The fraction of sp³-hybridized carbons (Fsp3) is 0.250. The maximum Gasteiger partial charge on any atom is 0.573 e. The van der Waals surface area contributed by atoms with Gasteiger partial charge in [0, 0.05) is 11.8 Å². The topological polar surface area (TPSA) is 57.5 Å². The van der Waals surface area contributed by atoms with Gasteiger partial charge in [0.25, 0.3) is 5.56 Å². The highest BCUT2D eigenvalue weighted by Crippen LogP contribution is 2.28. The first-order chi connectivity index (χ1) is 11.2. The van der Waals surface area contributed by atoms with Crippen LogP contribution in [0.1, 0.15) is 15.9 Å². The van der Waals surface area contributed by atoms with E-state index in [1.54, 1.807) is 19.1 Å². The Bertz CT molecular complexity index is 812. The lowest BCUT2D eigenvalue weighted by Gasteiger charge is -2.13. The zero-order valence-corrected chi connectivity index (χ0v) is 12.9. The highest BCUT2D eigenvalue weighted by Gasteiger charge is 2.31. The van der Waals surface area contributed by atoms with Crippen LogP contribution in [-0.2, 0) is 6.54 Å². The number of ether oxygens (including phenoxy) is 2. The number of benzene rings is 1. The Labute approximate surface area is 135 Å². The molecule has 0 fully saturated rings. The number of alkyl halides is 3. The number of pyridine rings is 1. The van der Waals surface area contributed by atoms with E-state index >= 15 is 0 Å². The fourth-order valence-electron chi connectivity index (χ4n) is 2.12. The summed E-state index contributed by atoms with van der Waals surface area (Å²) in [6.45, 7) is 1.27. The van der Waals surface area contributed by atoms with Crippen LogP contribution in [0, 0.1) is 6.92 Å². The number of halogens is 3.